The van der Waals surface area contributed by atoms with Crippen molar-refractivity contribution in [3.63, 3.8) is 0 Å². The van der Waals surface area contributed by atoms with Crippen LogP contribution in [0.4, 0.5) is 0 Å². The van der Waals surface area contributed by atoms with Crippen molar-refractivity contribution in [1.82, 2.24) is 9.62 Å². The van der Waals surface area contributed by atoms with E-state index in [1.807, 2.05) is 7.05 Å². The second kappa shape index (κ2) is 6.37. The van der Waals surface area contributed by atoms with Gasteiger partial charge in [-0.15, -0.1) is 0 Å². The zero-order valence-electron chi connectivity index (χ0n) is 11.3. The standard InChI is InChI=1S/C14H18N2O3S/c1-16-8-7-13(11-16)15-20(18,19)14-6-2-4-12(10-14)5-3-9-17/h2,4,6,10,13,15,17H,7-9,11H2,1H3. The van der Waals surface area contributed by atoms with E-state index in [1.54, 1.807) is 18.2 Å². The Morgan fingerprint density at radius 2 is 2.30 bits per heavy atom. The Kier molecular flexibility index (Phi) is 4.78. The van der Waals surface area contributed by atoms with E-state index in [0.717, 1.165) is 19.5 Å². The average molecular weight is 294 g/mol. The number of hydrogen-bond donors (Lipinski definition) is 2. The van der Waals surface area contributed by atoms with Gasteiger partial charge >= 0.3 is 0 Å². The van der Waals surface area contributed by atoms with Gasteiger partial charge in [-0.3, -0.25) is 0 Å². The van der Waals surface area contributed by atoms with E-state index in [4.69, 9.17) is 5.11 Å². The highest BCUT2D eigenvalue weighted by molar-refractivity contribution is 7.89. The molecule has 2 N–H and O–H groups in total. The van der Waals surface area contributed by atoms with Gasteiger partial charge in [0.05, 0.1) is 4.90 Å². The molecule has 20 heavy (non-hydrogen) atoms. The second-order valence-corrected chi connectivity index (χ2v) is 6.57. The molecule has 2 rings (SSSR count). The van der Waals surface area contributed by atoms with Gasteiger partial charge in [0.25, 0.3) is 0 Å². The van der Waals surface area contributed by atoms with Crippen LogP contribution in [0.2, 0.25) is 0 Å². The van der Waals surface area contributed by atoms with Gasteiger partial charge < -0.3 is 10.0 Å². The van der Waals surface area contributed by atoms with Crippen molar-refractivity contribution >= 4 is 10.0 Å². The molecule has 1 heterocycles. The Hall–Kier alpha value is -1.39. The van der Waals surface area contributed by atoms with Crippen LogP contribution in [0.15, 0.2) is 29.2 Å². The van der Waals surface area contributed by atoms with Crippen LogP contribution in [0.25, 0.3) is 0 Å². The minimum atomic E-state index is -3.52. The average Bonchev–Trinajstić information content (AvgIpc) is 2.81. The lowest BCUT2D eigenvalue weighted by Gasteiger charge is -2.13. The third-order valence-corrected chi connectivity index (χ3v) is 4.69. The summed E-state index contributed by atoms with van der Waals surface area (Å²) in [6.45, 7) is 1.38. The van der Waals surface area contributed by atoms with Gasteiger partial charge in [-0.1, -0.05) is 17.9 Å². The highest BCUT2D eigenvalue weighted by Gasteiger charge is 2.25. The zero-order valence-corrected chi connectivity index (χ0v) is 12.2. The molecule has 0 radical (unpaired) electrons. The lowest BCUT2D eigenvalue weighted by Crippen LogP contribution is -2.36. The van der Waals surface area contributed by atoms with Crippen molar-refractivity contribution < 1.29 is 13.5 Å². The van der Waals surface area contributed by atoms with Gasteiger partial charge in [0.2, 0.25) is 10.0 Å². The third-order valence-electron chi connectivity index (χ3n) is 3.17. The summed E-state index contributed by atoms with van der Waals surface area (Å²) < 4.78 is 27.3. The molecule has 1 saturated heterocycles. The molecular formula is C14H18N2O3S. The second-order valence-electron chi connectivity index (χ2n) is 4.86. The number of aliphatic hydroxyl groups is 1. The highest BCUT2D eigenvalue weighted by atomic mass is 32.2. The molecule has 1 atom stereocenters. The first-order chi connectivity index (χ1) is 9.51. The first-order valence-electron chi connectivity index (χ1n) is 6.42. The van der Waals surface area contributed by atoms with Crippen LogP contribution in [0.5, 0.6) is 0 Å². The quantitative estimate of drug-likeness (QED) is 0.771. The van der Waals surface area contributed by atoms with Crippen molar-refractivity contribution in [2.45, 2.75) is 17.4 Å². The van der Waals surface area contributed by atoms with Crippen molar-refractivity contribution in [3.05, 3.63) is 29.8 Å². The fraction of sp³-hybridized carbons (Fsp3) is 0.429. The third kappa shape index (κ3) is 3.81. The molecule has 1 aromatic rings. The Morgan fingerprint density at radius 3 is 2.95 bits per heavy atom. The molecule has 0 bridgehead atoms. The van der Waals surface area contributed by atoms with Crippen LogP contribution in [0, 0.1) is 11.8 Å². The normalized spacial score (nSPS) is 19.6. The van der Waals surface area contributed by atoms with Crippen molar-refractivity contribution in [2.75, 3.05) is 26.7 Å². The zero-order chi connectivity index (χ0) is 14.6. The number of nitrogens with one attached hydrogen (secondary N) is 1. The number of rotatable bonds is 3. The number of hydrogen-bond acceptors (Lipinski definition) is 4. The maximum atomic E-state index is 12.3. The SMILES string of the molecule is CN1CCC(NS(=O)(=O)c2cccc(C#CCO)c2)C1. The molecule has 0 aliphatic carbocycles. The molecule has 0 saturated carbocycles. The van der Waals surface area contributed by atoms with Gasteiger partial charge in [-0.05, 0) is 38.2 Å². The summed E-state index contributed by atoms with van der Waals surface area (Å²) in [5, 5.41) is 8.66. The van der Waals surface area contributed by atoms with Gasteiger partial charge in [0.1, 0.15) is 6.61 Å². The summed E-state index contributed by atoms with van der Waals surface area (Å²) in [4.78, 5) is 2.30. The van der Waals surface area contributed by atoms with E-state index in [9.17, 15) is 8.42 Å². The minimum absolute atomic E-state index is 0.0443. The van der Waals surface area contributed by atoms with E-state index in [-0.39, 0.29) is 17.5 Å². The highest BCUT2D eigenvalue weighted by Crippen LogP contribution is 2.14. The molecule has 1 aliphatic rings. The van der Waals surface area contributed by atoms with Gasteiger partial charge in [-0.25, -0.2) is 13.1 Å². The van der Waals surface area contributed by atoms with E-state index >= 15 is 0 Å². The summed E-state index contributed by atoms with van der Waals surface area (Å²) in [6, 6.07) is 6.38. The van der Waals surface area contributed by atoms with E-state index in [2.05, 4.69) is 21.5 Å². The smallest absolute Gasteiger partial charge is 0.240 e. The molecule has 5 nitrogen and oxygen atoms in total. The molecule has 0 aromatic heterocycles. The van der Waals surface area contributed by atoms with Gasteiger partial charge in [0.15, 0.2) is 0 Å². The number of nitrogens with zero attached hydrogens (tertiary/aromatic N) is 1. The fourth-order valence-corrected chi connectivity index (χ4v) is 3.51. The Morgan fingerprint density at radius 1 is 1.50 bits per heavy atom. The van der Waals surface area contributed by atoms with Crippen LogP contribution < -0.4 is 4.72 Å². The number of sulfonamides is 1. The number of likely N-dealkylation sites (tertiary alicyclic amines) is 1. The van der Waals surface area contributed by atoms with Crippen LogP contribution in [-0.4, -0.2) is 51.2 Å². The molecule has 0 amide bonds. The first-order valence-corrected chi connectivity index (χ1v) is 7.90. The summed E-state index contributed by atoms with van der Waals surface area (Å²) in [5.74, 6) is 5.21. The van der Waals surface area contributed by atoms with Crippen molar-refractivity contribution in [1.29, 1.82) is 0 Å². The van der Waals surface area contributed by atoms with Crippen LogP contribution in [0.1, 0.15) is 12.0 Å². The Balaban J connectivity index is 2.16. The lowest BCUT2D eigenvalue weighted by atomic mass is 10.2. The van der Waals surface area contributed by atoms with E-state index < -0.39 is 10.0 Å². The summed E-state index contributed by atoms with van der Waals surface area (Å²) in [7, 11) is -1.55. The first kappa shape index (κ1) is 15.0. The van der Waals surface area contributed by atoms with E-state index in [1.165, 1.54) is 6.07 Å². The van der Waals surface area contributed by atoms with Crippen LogP contribution in [0.3, 0.4) is 0 Å². The fourth-order valence-electron chi connectivity index (χ4n) is 2.20. The van der Waals surface area contributed by atoms with Crippen LogP contribution >= 0.6 is 0 Å². The predicted molar refractivity (Wildman–Crippen MR) is 76.6 cm³/mol. The Bertz CT molecular complexity index is 631. The lowest BCUT2D eigenvalue weighted by molar-refractivity contribution is 0.350. The molecule has 1 aliphatic heterocycles. The number of aliphatic hydroxyl groups excluding tert-OH is 1. The molecule has 1 unspecified atom stereocenters. The molecule has 1 aromatic carbocycles. The monoisotopic (exact) mass is 294 g/mol. The summed E-state index contributed by atoms with van der Waals surface area (Å²) >= 11 is 0. The number of benzene rings is 1. The topological polar surface area (TPSA) is 69.6 Å². The number of likely N-dealkylation sites (N-methyl/N-ethyl adjacent to an activating group) is 1. The largest absolute Gasteiger partial charge is 0.384 e. The molecule has 0 spiro atoms. The van der Waals surface area contributed by atoms with Crippen molar-refractivity contribution in [2.24, 2.45) is 0 Å². The predicted octanol–water partition coefficient (Wildman–Crippen LogP) is 0.0128. The summed E-state index contributed by atoms with van der Waals surface area (Å²) in [5.41, 5.74) is 0.575. The maximum Gasteiger partial charge on any atom is 0.240 e. The van der Waals surface area contributed by atoms with Crippen LogP contribution in [-0.2, 0) is 10.0 Å². The van der Waals surface area contributed by atoms with Crippen molar-refractivity contribution in [3.8, 4) is 11.8 Å². The minimum Gasteiger partial charge on any atom is -0.384 e. The molecule has 1 fully saturated rings. The Labute approximate surface area is 119 Å². The molecule has 108 valence electrons. The summed E-state index contributed by atoms with van der Waals surface area (Å²) in [6.07, 6.45) is 0.819. The maximum absolute atomic E-state index is 12.3. The van der Waals surface area contributed by atoms with E-state index in [0.29, 0.717) is 5.56 Å². The molecular weight excluding hydrogens is 276 g/mol. The molecule has 6 heteroatoms. The van der Waals surface area contributed by atoms with Gasteiger partial charge in [0, 0.05) is 18.2 Å². The van der Waals surface area contributed by atoms with Gasteiger partial charge in [-0.2, -0.15) is 0 Å².